The van der Waals surface area contributed by atoms with Crippen molar-refractivity contribution in [2.45, 2.75) is 44.5 Å². The molecule has 3 aromatic carbocycles. The average molecular weight is 554 g/mol. The van der Waals surface area contributed by atoms with Gasteiger partial charge in [0.2, 0.25) is 5.91 Å². The normalized spacial score (nSPS) is 17.7. The zero-order valence-corrected chi connectivity index (χ0v) is 22.4. The van der Waals surface area contributed by atoms with E-state index in [2.05, 4.69) is 15.2 Å². The number of benzene rings is 3. The van der Waals surface area contributed by atoms with Crippen LogP contribution in [0, 0.1) is 0 Å². The zero-order valence-electron chi connectivity index (χ0n) is 20.8. The number of aliphatic hydroxyl groups excluding tert-OH is 1. The Hall–Kier alpha value is -3.23. The highest BCUT2D eigenvalue weighted by Crippen LogP contribution is 2.27. The number of nitrogens with one attached hydrogen (secondary N) is 1. The van der Waals surface area contributed by atoms with Gasteiger partial charge in [0, 0.05) is 17.7 Å². The van der Waals surface area contributed by atoms with Crippen LogP contribution in [0.25, 0.3) is 0 Å². The second-order valence-corrected chi connectivity index (χ2v) is 10.1. The Labute approximate surface area is 231 Å². The quantitative estimate of drug-likeness (QED) is 0.313. The molecule has 0 spiro atoms. The first-order valence-corrected chi connectivity index (χ1v) is 13.1. The molecule has 1 aliphatic rings. The number of likely N-dealkylation sites (tertiary alicyclic amines) is 1. The number of hydrogen-bond donors (Lipinski definition) is 3. The summed E-state index contributed by atoms with van der Waals surface area (Å²) in [5.41, 5.74) is 3.08. The van der Waals surface area contributed by atoms with Crippen LogP contribution >= 0.6 is 23.2 Å². The molecule has 0 radical (unpaired) electrons. The largest absolute Gasteiger partial charge is 0.480 e. The fourth-order valence-electron chi connectivity index (χ4n) is 4.60. The smallest absolute Gasteiger partial charge is 0.331 e. The van der Waals surface area contributed by atoms with Gasteiger partial charge in [0.15, 0.2) is 6.04 Å². The maximum atomic E-state index is 13.5. The number of nitrogens with zero attached hydrogens (tertiary/aromatic N) is 2. The van der Waals surface area contributed by atoms with Crippen molar-refractivity contribution >= 4 is 46.5 Å². The van der Waals surface area contributed by atoms with Crippen molar-refractivity contribution in [3.8, 4) is 0 Å². The minimum absolute atomic E-state index is 0.160. The number of anilines is 1. The Bertz CT molecular complexity index is 1330. The number of rotatable bonds is 9. The van der Waals surface area contributed by atoms with E-state index in [1.165, 1.54) is 6.92 Å². The van der Waals surface area contributed by atoms with Crippen molar-refractivity contribution in [2.24, 2.45) is 4.99 Å². The van der Waals surface area contributed by atoms with Crippen LogP contribution in [0.3, 0.4) is 0 Å². The van der Waals surface area contributed by atoms with Crippen molar-refractivity contribution < 1.29 is 19.8 Å². The number of hydrogen-bond acceptors (Lipinski definition) is 5. The topological polar surface area (TPSA) is 102 Å². The molecule has 9 heteroatoms. The Morgan fingerprint density at radius 1 is 1.05 bits per heavy atom. The molecule has 0 saturated carbocycles. The standard InChI is InChI=1S/C29H29Cl2N3O4/c1-18(35)26(29(37)38)33-27(20-8-3-2-4-9-20)21-10-5-6-11-24(21)32-28(36)25-12-7-15-34(25)17-19-13-14-22(30)23(31)16-19/h2-6,8-11,13-14,16,18,25-26,35H,7,12,15,17H2,1H3,(H,32,36)(H,37,38)/t18-,25-,26+/m0/s1. The SMILES string of the molecule is C[C@H](O)[C@@H](N=C(c1ccccc1)c1ccccc1NC(=O)[C@@H]1CCCN1Cc1ccc(Cl)c(Cl)c1)C(=O)O. The van der Waals surface area contributed by atoms with Gasteiger partial charge in [-0.15, -0.1) is 0 Å². The summed E-state index contributed by atoms with van der Waals surface area (Å²) in [5, 5.41) is 23.8. The van der Waals surface area contributed by atoms with E-state index >= 15 is 0 Å². The summed E-state index contributed by atoms with van der Waals surface area (Å²) in [6, 6.07) is 20.0. The van der Waals surface area contributed by atoms with Crippen molar-refractivity contribution in [1.82, 2.24) is 4.90 Å². The lowest BCUT2D eigenvalue weighted by Crippen LogP contribution is -2.39. The Morgan fingerprint density at radius 3 is 2.45 bits per heavy atom. The highest BCUT2D eigenvalue weighted by atomic mass is 35.5. The molecule has 1 aliphatic heterocycles. The van der Waals surface area contributed by atoms with Gasteiger partial charge in [0.25, 0.3) is 0 Å². The van der Waals surface area contributed by atoms with Crippen LogP contribution in [-0.4, -0.2) is 57.4 Å². The minimum Gasteiger partial charge on any atom is -0.480 e. The molecule has 3 N–H and O–H groups in total. The number of carbonyl (C=O) groups excluding carboxylic acids is 1. The van der Waals surface area contributed by atoms with Gasteiger partial charge in [-0.2, -0.15) is 0 Å². The number of amides is 1. The monoisotopic (exact) mass is 553 g/mol. The van der Waals surface area contributed by atoms with Gasteiger partial charge >= 0.3 is 5.97 Å². The molecule has 38 heavy (non-hydrogen) atoms. The first kappa shape index (κ1) is 27.8. The molecule has 3 atom stereocenters. The molecule has 1 heterocycles. The molecular formula is C29H29Cl2N3O4. The van der Waals surface area contributed by atoms with Crippen molar-refractivity contribution in [2.75, 3.05) is 11.9 Å². The summed E-state index contributed by atoms with van der Waals surface area (Å²) in [6.45, 7) is 2.72. The number of aliphatic hydroxyl groups is 1. The van der Waals surface area contributed by atoms with E-state index in [1.54, 1.807) is 30.3 Å². The van der Waals surface area contributed by atoms with Crippen molar-refractivity contribution in [1.29, 1.82) is 0 Å². The molecule has 1 amide bonds. The van der Waals surface area contributed by atoms with E-state index < -0.39 is 18.1 Å². The summed E-state index contributed by atoms with van der Waals surface area (Å²) in [6.07, 6.45) is 0.381. The van der Waals surface area contributed by atoms with E-state index in [0.29, 0.717) is 45.5 Å². The lowest BCUT2D eigenvalue weighted by Gasteiger charge is -2.25. The van der Waals surface area contributed by atoms with Gasteiger partial charge in [-0.1, -0.05) is 77.8 Å². The first-order valence-electron chi connectivity index (χ1n) is 12.4. The Kier molecular flexibility index (Phi) is 9.17. The van der Waals surface area contributed by atoms with Crippen LogP contribution in [0.1, 0.15) is 36.5 Å². The predicted octanol–water partition coefficient (Wildman–Crippen LogP) is 5.27. The summed E-state index contributed by atoms with van der Waals surface area (Å²) >= 11 is 12.2. The lowest BCUT2D eigenvalue weighted by atomic mass is 9.99. The molecule has 1 fully saturated rings. The molecule has 0 aliphatic carbocycles. The Morgan fingerprint density at radius 2 is 1.76 bits per heavy atom. The zero-order chi connectivity index (χ0) is 27.2. The summed E-state index contributed by atoms with van der Waals surface area (Å²) in [7, 11) is 0. The van der Waals surface area contributed by atoms with Gasteiger partial charge in [0.05, 0.1) is 33.6 Å². The maximum absolute atomic E-state index is 13.5. The predicted molar refractivity (Wildman–Crippen MR) is 150 cm³/mol. The number of aliphatic carboxylic acids is 1. The average Bonchev–Trinajstić information content (AvgIpc) is 3.36. The van der Waals surface area contributed by atoms with E-state index in [1.807, 2.05) is 42.5 Å². The summed E-state index contributed by atoms with van der Waals surface area (Å²) < 4.78 is 0. The third kappa shape index (κ3) is 6.60. The summed E-state index contributed by atoms with van der Waals surface area (Å²) in [5.74, 6) is -1.40. The van der Waals surface area contributed by atoms with E-state index in [-0.39, 0.29) is 11.9 Å². The number of carboxylic acids is 1. The first-order chi connectivity index (χ1) is 18.2. The van der Waals surface area contributed by atoms with Gasteiger partial charge in [0.1, 0.15) is 0 Å². The van der Waals surface area contributed by atoms with E-state index in [4.69, 9.17) is 23.2 Å². The van der Waals surface area contributed by atoms with Crippen LogP contribution in [-0.2, 0) is 16.1 Å². The molecule has 3 aromatic rings. The Balaban J connectivity index is 1.63. The van der Waals surface area contributed by atoms with E-state index in [9.17, 15) is 19.8 Å². The van der Waals surface area contributed by atoms with Crippen LogP contribution in [0.5, 0.6) is 0 Å². The molecule has 0 aromatic heterocycles. The number of halogens is 2. The molecular weight excluding hydrogens is 525 g/mol. The van der Waals surface area contributed by atoms with Crippen molar-refractivity contribution in [3.05, 3.63) is 99.5 Å². The van der Waals surface area contributed by atoms with Crippen LogP contribution in [0.2, 0.25) is 10.0 Å². The second-order valence-electron chi connectivity index (χ2n) is 9.28. The molecule has 198 valence electrons. The minimum atomic E-state index is -1.37. The van der Waals surface area contributed by atoms with Gasteiger partial charge in [-0.05, 0) is 50.1 Å². The molecule has 7 nitrogen and oxygen atoms in total. The molecule has 1 saturated heterocycles. The fraction of sp³-hybridized carbons (Fsp3) is 0.276. The molecule has 0 bridgehead atoms. The number of carbonyl (C=O) groups is 2. The highest BCUT2D eigenvalue weighted by Gasteiger charge is 2.31. The van der Waals surface area contributed by atoms with Gasteiger partial charge in [-0.25, -0.2) is 4.79 Å². The molecule has 4 rings (SSSR count). The number of para-hydroxylation sites is 1. The number of aliphatic imine (C=N–C) groups is 1. The second kappa shape index (κ2) is 12.5. The fourth-order valence-corrected chi connectivity index (χ4v) is 4.92. The van der Waals surface area contributed by atoms with Crippen LogP contribution in [0.4, 0.5) is 5.69 Å². The summed E-state index contributed by atoms with van der Waals surface area (Å²) in [4.78, 5) is 31.9. The number of carboxylic acid groups (broad SMARTS) is 1. The lowest BCUT2D eigenvalue weighted by molar-refractivity contribution is -0.140. The maximum Gasteiger partial charge on any atom is 0.331 e. The van der Waals surface area contributed by atoms with Crippen molar-refractivity contribution in [3.63, 3.8) is 0 Å². The van der Waals surface area contributed by atoms with Crippen LogP contribution < -0.4 is 5.32 Å². The third-order valence-electron chi connectivity index (χ3n) is 6.50. The van der Waals surface area contributed by atoms with E-state index in [0.717, 1.165) is 18.5 Å². The highest BCUT2D eigenvalue weighted by molar-refractivity contribution is 6.42. The molecule has 0 unspecified atom stereocenters. The van der Waals surface area contributed by atoms with Crippen LogP contribution in [0.15, 0.2) is 77.8 Å². The van der Waals surface area contributed by atoms with Gasteiger partial charge in [-0.3, -0.25) is 14.7 Å². The van der Waals surface area contributed by atoms with Gasteiger partial charge < -0.3 is 15.5 Å². The third-order valence-corrected chi connectivity index (χ3v) is 7.24.